The van der Waals surface area contributed by atoms with Crippen molar-refractivity contribution in [1.82, 2.24) is 9.80 Å². The summed E-state index contributed by atoms with van der Waals surface area (Å²) in [6.07, 6.45) is 4.96. The molecule has 25 heavy (non-hydrogen) atoms. The topological polar surface area (TPSA) is 54.1 Å². The Bertz CT molecular complexity index is 758. The van der Waals surface area contributed by atoms with Gasteiger partial charge in [-0.25, -0.2) is 4.39 Å². The van der Waals surface area contributed by atoms with Crippen molar-refractivity contribution >= 4 is 5.90 Å². The lowest BCUT2D eigenvalue weighted by Crippen LogP contribution is -2.27. The second-order valence-electron chi connectivity index (χ2n) is 6.72. The average molecular weight is 342 g/mol. The van der Waals surface area contributed by atoms with Crippen LogP contribution in [-0.4, -0.2) is 41.4 Å². The lowest BCUT2D eigenvalue weighted by molar-refractivity contribution is 0.286. The van der Waals surface area contributed by atoms with E-state index < -0.39 is 0 Å². The smallest absolute Gasteiger partial charge is 0.219 e. The zero-order chi connectivity index (χ0) is 17.4. The highest BCUT2D eigenvalue weighted by molar-refractivity contribution is 5.90. The monoisotopic (exact) mass is 342 g/mol. The molecule has 3 heterocycles. The normalized spacial score (nSPS) is 21.8. The number of benzene rings is 1. The zero-order valence-electron chi connectivity index (χ0n) is 14.2. The van der Waals surface area contributed by atoms with Gasteiger partial charge in [-0.15, -0.1) is 0 Å². The van der Waals surface area contributed by atoms with E-state index in [0.29, 0.717) is 37.1 Å². The van der Waals surface area contributed by atoms with E-state index in [2.05, 4.69) is 21.4 Å². The lowest BCUT2D eigenvalue weighted by Gasteiger charge is -2.27. The highest BCUT2D eigenvalue weighted by Gasteiger charge is 2.39. The second-order valence-corrected chi connectivity index (χ2v) is 6.72. The van der Waals surface area contributed by atoms with Crippen molar-refractivity contribution in [3.8, 4) is 0 Å². The van der Waals surface area contributed by atoms with Crippen LogP contribution in [0.2, 0.25) is 0 Å². The van der Waals surface area contributed by atoms with E-state index in [1.165, 1.54) is 18.9 Å². The molecule has 1 unspecified atom stereocenters. The van der Waals surface area contributed by atoms with Crippen LogP contribution in [0.4, 0.5) is 4.39 Å². The number of halogens is 1. The third-order valence-electron chi connectivity index (χ3n) is 5.06. The predicted molar refractivity (Wildman–Crippen MR) is 95.0 cm³/mol. The minimum absolute atomic E-state index is 0.221. The Balaban J connectivity index is 1.47. The average Bonchev–Trinajstić information content (AvgIpc) is 3.18. The molecule has 4 rings (SSSR count). The molecule has 1 aromatic carbocycles. The number of nitrogens with two attached hydrogens (primary N) is 1. The number of rotatable bonds is 4. The Morgan fingerprint density at radius 3 is 3.12 bits per heavy atom. The molecule has 5 nitrogen and oxygen atoms in total. The molecule has 0 bridgehead atoms. The van der Waals surface area contributed by atoms with Crippen LogP contribution in [0, 0.1) is 5.82 Å². The van der Waals surface area contributed by atoms with Crippen LogP contribution in [0.15, 0.2) is 47.5 Å². The van der Waals surface area contributed by atoms with Gasteiger partial charge in [-0.1, -0.05) is 12.6 Å². The van der Waals surface area contributed by atoms with E-state index in [9.17, 15) is 4.39 Å². The molecule has 1 aromatic rings. The van der Waals surface area contributed by atoms with Gasteiger partial charge in [0.2, 0.25) is 5.90 Å². The summed E-state index contributed by atoms with van der Waals surface area (Å²) in [5.41, 5.74) is 7.06. The Morgan fingerprint density at radius 2 is 2.28 bits per heavy atom. The fourth-order valence-corrected chi connectivity index (χ4v) is 3.81. The summed E-state index contributed by atoms with van der Waals surface area (Å²) in [7, 11) is 0. The molecule has 0 radical (unpaired) electrons. The molecule has 3 aliphatic rings. The van der Waals surface area contributed by atoms with Crippen molar-refractivity contribution in [1.29, 1.82) is 0 Å². The number of nitrogens with zero attached hydrogens (tertiary/aromatic N) is 3. The maximum Gasteiger partial charge on any atom is 0.219 e. The fraction of sp³-hybridized carbons (Fsp3) is 0.421. The van der Waals surface area contributed by atoms with E-state index in [1.807, 2.05) is 12.1 Å². The number of hydrogen-bond donors (Lipinski definition) is 1. The van der Waals surface area contributed by atoms with Gasteiger partial charge in [-0.2, -0.15) is 4.99 Å². The molecule has 1 atom stereocenters. The van der Waals surface area contributed by atoms with Gasteiger partial charge in [0, 0.05) is 25.2 Å². The molecule has 132 valence electrons. The van der Waals surface area contributed by atoms with Gasteiger partial charge < -0.3 is 20.3 Å². The largest absolute Gasteiger partial charge is 0.473 e. The molecule has 6 heteroatoms. The quantitative estimate of drug-likeness (QED) is 0.913. The van der Waals surface area contributed by atoms with E-state index in [-0.39, 0.29) is 5.82 Å². The number of aliphatic imine (C=N–C) groups is 1. The van der Waals surface area contributed by atoms with E-state index in [1.54, 1.807) is 6.07 Å². The lowest BCUT2D eigenvalue weighted by atomic mass is 10.1. The minimum Gasteiger partial charge on any atom is -0.473 e. The Morgan fingerprint density at radius 1 is 1.40 bits per heavy atom. The first-order chi connectivity index (χ1) is 12.2. The van der Waals surface area contributed by atoms with Gasteiger partial charge in [0.1, 0.15) is 24.1 Å². The Hall–Kier alpha value is -2.34. The van der Waals surface area contributed by atoms with Gasteiger partial charge in [-0.3, -0.25) is 0 Å². The highest BCUT2D eigenvalue weighted by Crippen LogP contribution is 2.36. The number of ether oxygens (including phenoxy) is 1. The molecule has 2 saturated heterocycles. The van der Waals surface area contributed by atoms with Crippen molar-refractivity contribution in [2.24, 2.45) is 10.7 Å². The van der Waals surface area contributed by atoms with Crippen LogP contribution >= 0.6 is 0 Å². The van der Waals surface area contributed by atoms with Crippen LogP contribution in [-0.2, 0) is 17.8 Å². The van der Waals surface area contributed by atoms with Crippen LogP contribution in [0.1, 0.15) is 24.0 Å². The first kappa shape index (κ1) is 16.1. The van der Waals surface area contributed by atoms with Crippen LogP contribution in [0.3, 0.4) is 0 Å². The number of hydrogen-bond acceptors (Lipinski definition) is 5. The van der Waals surface area contributed by atoms with E-state index in [0.717, 1.165) is 30.3 Å². The van der Waals surface area contributed by atoms with Crippen molar-refractivity contribution in [2.75, 3.05) is 19.6 Å². The Labute approximate surface area is 147 Å². The standard InChI is InChI=1S/C19H23FN4O/c1-13-22-18(10-19-23-8-2-3-16(23)11-24(13)19)25-12-14-4-5-17(20)15(9-14)6-7-21/h4-5,9-10,16H,1-3,6-8,11-12,21H2. The molecule has 0 aromatic heterocycles. The summed E-state index contributed by atoms with van der Waals surface area (Å²) in [4.78, 5) is 9.05. The van der Waals surface area contributed by atoms with Crippen molar-refractivity contribution in [2.45, 2.75) is 31.9 Å². The zero-order valence-corrected chi connectivity index (χ0v) is 14.2. The molecule has 3 aliphatic heterocycles. The number of fused-ring (bicyclic) bond motifs is 3. The molecule has 2 N–H and O–H groups in total. The molecule has 0 spiro atoms. The summed E-state index contributed by atoms with van der Waals surface area (Å²) in [6.45, 7) is 6.87. The fourth-order valence-electron chi connectivity index (χ4n) is 3.81. The summed E-state index contributed by atoms with van der Waals surface area (Å²) in [5.74, 6) is 2.21. The van der Waals surface area contributed by atoms with Crippen LogP contribution in [0.25, 0.3) is 0 Å². The molecular formula is C19H23FN4O. The maximum absolute atomic E-state index is 13.7. The van der Waals surface area contributed by atoms with E-state index >= 15 is 0 Å². The van der Waals surface area contributed by atoms with Crippen LogP contribution in [0.5, 0.6) is 0 Å². The summed E-state index contributed by atoms with van der Waals surface area (Å²) in [5, 5.41) is 0. The van der Waals surface area contributed by atoms with Crippen LogP contribution < -0.4 is 5.73 Å². The minimum atomic E-state index is -0.221. The van der Waals surface area contributed by atoms with E-state index in [4.69, 9.17) is 10.5 Å². The molecule has 0 saturated carbocycles. The summed E-state index contributed by atoms with van der Waals surface area (Å²) < 4.78 is 19.6. The second kappa shape index (κ2) is 6.52. The van der Waals surface area contributed by atoms with Gasteiger partial charge in [0.15, 0.2) is 0 Å². The SMILES string of the molecule is C=C1N=C(OCc2ccc(F)c(CCN)c2)C=C2N1CC1CCCN21. The predicted octanol–water partition coefficient (Wildman–Crippen LogP) is 2.35. The third kappa shape index (κ3) is 3.02. The third-order valence-corrected chi connectivity index (χ3v) is 5.06. The molecule has 2 fully saturated rings. The van der Waals surface area contributed by atoms with Gasteiger partial charge in [-0.05, 0) is 49.1 Å². The summed E-state index contributed by atoms with van der Waals surface area (Å²) in [6, 6.07) is 5.58. The molecule has 0 aliphatic carbocycles. The Kier molecular flexibility index (Phi) is 4.21. The summed E-state index contributed by atoms with van der Waals surface area (Å²) >= 11 is 0. The van der Waals surface area contributed by atoms with Gasteiger partial charge >= 0.3 is 0 Å². The maximum atomic E-state index is 13.7. The van der Waals surface area contributed by atoms with Gasteiger partial charge in [0.25, 0.3) is 0 Å². The van der Waals surface area contributed by atoms with Crippen molar-refractivity contribution < 1.29 is 9.13 Å². The first-order valence-electron chi connectivity index (χ1n) is 8.79. The highest BCUT2D eigenvalue weighted by atomic mass is 19.1. The first-order valence-corrected chi connectivity index (χ1v) is 8.79. The molecular weight excluding hydrogens is 319 g/mol. The van der Waals surface area contributed by atoms with Gasteiger partial charge in [0.05, 0.1) is 0 Å². The van der Waals surface area contributed by atoms with Crippen molar-refractivity contribution in [3.63, 3.8) is 0 Å². The molecule has 0 amide bonds. The van der Waals surface area contributed by atoms with Crippen molar-refractivity contribution in [3.05, 3.63) is 59.4 Å².